The fourth-order valence-electron chi connectivity index (χ4n) is 3.30. The van der Waals surface area contributed by atoms with E-state index in [2.05, 4.69) is 13.0 Å². The van der Waals surface area contributed by atoms with Crippen molar-refractivity contribution < 1.29 is 4.79 Å². The molecule has 27 heavy (non-hydrogen) atoms. The summed E-state index contributed by atoms with van der Waals surface area (Å²) in [5.74, 6) is -0.0991. The molecule has 1 aliphatic rings. The van der Waals surface area contributed by atoms with E-state index in [1.54, 1.807) is 4.90 Å². The second kappa shape index (κ2) is 7.37. The highest BCUT2D eigenvalue weighted by Gasteiger charge is 2.33. The van der Waals surface area contributed by atoms with Crippen LogP contribution < -0.4 is 4.90 Å². The smallest absolute Gasteiger partial charge is 0.277 e. The van der Waals surface area contributed by atoms with Crippen molar-refractivity contribution in [3.05, 3.63) is 94.5 Å². The molecule has 0 unspecified atom stereocenters. The van der Waals surface area contributed by atoms with Gasteiger partial charge in [-0.1, -0.05) is 67.1 Å². The van der Waals surface area contributed by atoms with Crippen molar-refractivity contribution in [1.29, 1.82) is 0 Å². The predicted octanol–water partition coefficient (Wildman–Crippen LogP) is 5.57. The Morgan fingerprint density at radius 1 is 0.963 bits per heavy atom. The number of nitrogens with zero attached hydrogens (tertiary/aromatic N) is 2. The normalized spacial score (nSPS) is 14.7. The summed E-state index contributed by atoms with van der Waals surface area (Å²) >= 11 is 6.31. The van der Waals surface area contributed by atoms with Crippen molar-refractivity contribution in [2.45, 2.75) is 19.9 Å². The zero-order valence-corrected chi connectivity index (χ0v) is 15.8. The Bertz CT molecular complexity index is 1040. The number of carbonyl (C=O) groups is 1. The topological polar surface area (TPSA) is 32.7 Å². The monoisotopic (exact) mass is 374 g/mol. The Hall–Kier alpha value is -2.91. The summed E-state index contributed by atoms with van der Waals surface area (Å²) in [5.41, 5.74) is 5.11. The van der Waals surface area contributed by atoms with Crippen molar-refractivity contribution in [1.82, 2.24) is 0 Å². The molecule has 0 saturated heterocycles. The first-order chi connectivity index (χ1) is 13.2. The van der Waals surface area contributed by atoms with Crippen molar-refractivity contribution in [3.63, 3.8) is 0 Å². The first kappa shape index (κ1) is 17.5. The lowest BCUT2D eigenvalue weighted by Gasteiger charge is -2.17. The fraction of sp³-hybridized carbons (Fsp3) is 0.130. The van der Waals surface area contributed by atoms with Crippen molar-refractivity contribution >= 4 is 34.6 Å². The molecule has 1 aliphatic heterocycles. The number of hydrogen-bond donors (Lipinski definition) is 0. The van der Waals surface area contributed by atoms with Gasteiger partial charge in [0.2, 0.25) is 0 Å². The minimum Gasteiger partial charge on any atom is -0.302 e. The third-order valence-corrected chi connectivity index (χ3v) is 5.11. The Kier molecular flexibility index (Phi) is 4.78. The molecular formula is C23H19ClN2O. The summed E-state index contributed by atoms with van der Waals surface area (Å²) in [4.78, 5) is 19.6. The molecule has 0 atom stereocenters. The Morgan fingerprint density at radius 3 is 2.56 bits per heavy atom. The first-order valence-electron chi connectivity index (χ1n) is 8.99. The lowest BCUT2D eigenvalue weighted by molar-refractivity contribution is -0.112. The number of aliphatic imine (C=N–C) groups is 1. The molecule has 3 aromatic rings. The van der Waals surface area contributed by atoms with Crippen LogP contribution in [0.5, 0.6) is 0 Å². The number of rotatable bonds is 4. The van der Waals surface area contributed by atoms with E-state index in [1.807, 2.05) is 66.7 Å². The van der Waals surface area contributed by atoms with Crippen LogP contribution in [0.2, 0.25) is 5.02 Å². The number of benzene rings is 3. The van der Waals surface area contributed by atoms with Gasteiger partial charge in [0.25, 0.3) is 5.91 Å². The molecule has 0 radical (unpaired) electrons. The SMILES string of the molecule is CCc1cccc(N=C2C(=O)N(Cc3ccccc3Cl)c3ccccc32)c1. The molecule has 0 aromatic heterocycles. The summed E-state index contributed by atoms with van der Waals surface area (Å²) in [6, 6.07) is 23.4. The van der Waals surface area contributed by atoms with E-state index in [-0.39, 0.29) is 5.91 Å². The lowest BCUT2D eigenvalue weighted by atomic mass is 10.1. The third-order valence-electron chi connectivity index (χ3n) is 4.74. The van der Waals surface area contributed by atoms with Crippen molar-refractivity contribution in [3.8, 4) is 0 Å². The van der Waals surface area contributed by atoms with Gasteiger partial charge in [-0.3, -0.25) is 4.79 Å². The van der Waals surface area contributed by atoms with Crippen LogP contribution in [0.4, 0.5) is 11.4 Å². The van der Waals surface area contributed by atoms with Gasteiger partial charge in [-0.05, 0) is 41.8 Å². The van der Waals surface area contributed by atoms with E-state index < -0.39 is 0 Å². The maximum Gasteiger partial charge on any atom is 0.277 e. The van der Waals surface area contributed by atoms with E-state index in [4.69, 9.17) is 16.6 Å². The van der Waals surface area contributed by atoms with Gasteiger partial charge in [-0.25, -0.2) is 4.99 Å². The molecule has 3 nitrogen and oxygen atoms in total. The number of hydrogen-bond acceptors (Lipinski definition) is 2. The maximum absolute atomic E-state index is 13.2. The number of amides is 1. The summed E-state index contributed by atoms with van der Waals surface area (Å²) in [6.45, 7) is 2.52. The molecule has 0 saturated carbocycles. The number of aryl methyl sites for hydroxylation is 1. The van der Waals surface area contributed by atoms with Gasteiger partial charge in [0.05, 0.1) is 17.9 Å². The Morgan fingerprint density at radius 2 is 1.74 bits per heavy atom. The van der Waals surface area contributed by atoms with Crippen LogP contribution in [0.3, 0.4) is 0 Å². The summed E-state index contributed by atoms with van der Waals surface area (Å²) in [7, 11) is 0. The summed E-state index contributed by atoms with van der Waals surface area (Å²) in [5, 5.41) is 0.656. The van der Waals surface area contributed by atoms with Crippen molar-refractivity contribution in [2.75, 3.05) is 4.90 Å². The lowest BCUT2D eigenvalue weighted by Crippen LogP contribution is -2.29. The van der Waals surface area contributed by atoms with Gasteiger partial charge in [0.1, 0.15) is 5.71 Å². The van der Waals surface area contributed by atoms with E-state index in [1.165, 1.54) is 5.56 Å². The molecule has 4 heteroatoms. The van der Waals surface area contributed by atoms with E-state index in [0.717, 1.165) is 28.9 Å². The van der Waals surface area contributed by atoms with Crippen LogP contribution in [0.1, 0.15) is 23.6 Å². The average molecular weight is 375 g/mol. The molecular weight excluding hydrogens is 356 g/mol. The molecule has 0 N–H and O–H groups in total. The molecule has 3 aromatic carbocycles. The molecule has 134 valence electrons. The van der Waals surface area contributed by atoms with Crippen LogP contribution in [-0.2, 0) is 17.8 Å². The maximum atomic E-state index is 13.2. The quantitative estimate of drug-likeness (QED) is 0.587. The van der Waals surface area contributed by atoms with E-state index >= 15 is 0 Å². The third kappa shape index (κ3) is 3.38. The van der Waals surface area contributed by atoms with Gasteiger partial charge in [0.15, 0.2) is 0 Å². The molecule has 4 rings (SSSR count). The van der Waals surface area contributed by atoms with E-state index in [0.29, 0.717) is 17.3 Å². The van der Waals surface area contributed by atoms with E-state index in [9.17, 15) is 4.79 Å². The van der Waals surface area contributed by atoms with Gasteiger partial charge < -0.3 is 4.90 Å². The second-order valence-electron chi connectivity index (χ2n) is 6.48. The molecule has 1 heterocycles. The van der Waals surface area contributed by atoms with Crippen LogP contribution in [-0.4, -0.2) is 11.6 Å². The van der Waals surface area contributed by atoms with Gasteiger partial charge in [0, 0.05) is 10.6 Å². The van der Waals surface area contributed by atoms with Crippen LogP contribution in [0.25, 0.3) is 0 Å². The highest BCUT2D eigenvalue weighted by Crippen LogP contribution is 2.33. The molecule has 0 spiro atoms. The number of carbonyl (C=O) groups excluding carboxylic acids is 1. The predicted molar refractivity (Wildman–Crippen MR) is 111 cm³/mol. The van der Waals surface area contributed by atoms with Gasteiger partial charge in [-0.2, -0.15) is 0 Å². The number of anilines is 1. The fourth-order valence-corrected chi connectivity index (χ4v) is 3.49. The summed E-state index contributed by atoms with van der Waals surface area (Å²) in [6.07, 6.45) is 0.932. The zero-order valence-electron chi connectivity index (χ0n) is 15.0. The molecule has 1 amide bonds. The van der Waals surface area contributed by atoms with Gasteiger partial charge >= 0.3 is 0 Å². The largest absolute Gasteiger partial charge is 0.302 e. The average Bonchev–Trinajstić information content (AvgIpc) is 2.96. The van der Waals surface area contributed by atoms with Crippen molar-refractivity contribution in [2.24, 2.45) is 4.99 Å². The van der Waals surface area contributed by atoms with Crippen LogP contribution in [0.15, 0.2) is 77.8 Å². The molecule has 0 aliphatic carbocycles. The van der Waals surface area contributed by atoms with Crippen LogP contribution in [0, 0.1) is 0 Å². The molecule has 0 bridgehead atoms. The number of fused-ring (bicyclic) bond motifs is 1. The standard InChI is InChI=1S/C23H19ClN2O/c1-2-16-8-7-10-18(14-16)25-22-19-11-4-6-13-21(19)26(23(22)27)15-17-9-3-5-12-20(17)24/h3-14H,2,15H2,1H3. The highest BCUT2D eigenvalue weighted by molar-refractivity contribution is 6.54. The molecule has 0 fully saturated rings. The Labute approximate surface area is 163 Å². The van der Waals surface area contributed by atoms with Crippen LogP contribution >= 0.6 is 11.6 Å². The minimum absolute atomic E-state index is 0.0991. The Balaban J connectivity index is 1.75. The first-order valence-corrected chi connectivity index (χ1v) is 9.37. The summed E-state index contributed by atoms with van der Waals surface area (Å²) < 4.78 is 0. The minimum atomic E-state index is -0.0991. The highest BCUT2D eigenvalue weighted by atomic mass is 35.5. The second-order valence-corrected chi connectivity index (χ2v) is 6.89. The number of para-hydroxylation sites is 1. The number of halogens is 1. The van der Waals surface area contributed by atoms with Gasteiger partial charge in [-0.15, -0.1) is 0 Å². The zero-order chi connectivity index (χ0) is 18.8.